The minimum Gasteiger partial charge on any atom is -0.356 e. The lowest BCUT2D eigenvalue weighted by atomic mass is 10.2. The predicted octanol–water partition coefficient (Wildman–Crippen LogP) is 3.45. The van der Waals surface area contributed by atoms with Crippen molar-refractivity contribution in [3.63, 3.8) is 0 Å². The minimum atomic E-state index is 0.535. The van der Waals surface area contributed by atoms with Crippen molar-refractivity contribution in [3.8, 4) is 0 Å². The molecule has 1 aromatic heterocycles. The van der Waals surface area contributed by atoms with Gasteiger partial charge in [0.25, 0.3) is 0 Å². The van der Waals surface area contributed by atoms with Gasteiger partial charge in [-0.3, -0.25) is 0 Å². The van der Waals surface area contributed by atoms with Crippen LogP contribution in [0.2, 0.25) is 0 Å². The highest BCUT2D eigenvalue weighted by Crippen LogP contribution is 2.19. The molecule has 3 heteroatoms. The Morgan fingerprint density at radius 1 is 1.27 bits per heavy atom. The summed E-state index contributed by atoms with van der Waals surface area (Å²) < 4.78 is 0. The lowest BCUT2D eigenvalue weighted by Crippen LogP contribution is -2.26. The van der Waals surface area contributed by atoms with Crippen LogP contribution in [0, 0.1) is 0 Å². The number of nitrogens with zero attached hydrogens (tertiary/aromatic N) is 2. The average molecular weight is 227 g/mol. The van der Waals surface area contributed by atoms with Gasteiger partial charge in [-0.15, -0.1) is 11.6 Å². The maximum atomic E-state index is 5.91. The summed E-state index contributed by atoms with van der Waals surface area (Å²) in [4.78, 5) is 6.75. The van der Waals surface area contributed by atoms with Gasteiger partial charge < -0.3 is 4.90 Å². The molecule has 1 rings (SSSR count). The van der Waals surface area contributed by atoms with Crippen LogP contribution in [-0.2, 0) is 5.88 Å². The Morgan fingerprint density at radius 3 is 2.47 bits per heavy atom. The van der Waals surface area contributed by atoms with Gasteiger partial charge >= 0.3 is 0 Å². The molecular weight excluding hydrogens is 208 g/mol. The first-order valence-corrected chi connectivity index (χ1v) is 6.11. The van der Waals surface area contributed by atoms with Crippen LogP contribution in [0.25, 0.3) is 0 Å². The number of hydrogen-bond donors (Lipinski definition) is 0. The van der Waals surface area contributed by atoms with Gasteiger partial charge in [0, 0.05) is 24.8 Å². The highest BCUT2D eigenvalue weighted by atomic mass is 35.5. The molecular formula is C12H19ClN2. The van der Waals surface area contributed by atoms with Crippen molar-refractivity contribution in [2.75, 3.05) is 18.0 Å². The van der Waals surface area contributed by atoms with Crippen molar-refractivity contribution in [3.05, 3.63) is 23.9 Å². The first-order chi connectivity index (χ1) is 7.33. The van der Waals surface area contributed by atoms with Crippen LogP contribution in [0.4, 0.5) is 5.82 Å². The lowest BCUT2D eigenvalue weighted by Gasteiger charge is -2.24. The van der Waals surface area contributed by atoms with Crippen LogP contribution in [0.1, 0.15) is 32.3 Å². The van der Waals surface area contributed by atoms with Gasteiger partial charge in [-0.2, -0.15) is 0 Å². The molecule has 0 bridgehead atoms. The summed E-state index contributed by atoms with van der Waals surface area (Å²) in [6, 6.07) is 3.99. The summed E-state index contributed by atoms with van der Waals surface area (Å²) in [5, 5.41) is 0. The lowest BCUT2D eigenvalue weighted by molar-refractivity contribution is 0.731. The van der Waals surface area contributed by atoms with E-state index in [0.717, 1.165) is 37.3 Å². The van der Waals surface area contributed by atoms with Gasteiger partial charge in [-0.05, 0) is 18.9 Å². The number of alkyl halides is 1. The smallest absolute Gasteiger partial charge is 0.132 e. The Hall–Kier alpha value is -0.760. The zero-order valence-corrected chi connectivity index (χ0v) is 10.3. The number of aromatic nitrogens is 1. The van der Waals surface area contributed by atoms with E-state index in [9.17, 15) is 0 Å². The van der Waals surface area contributed by atoms with Crippen molar-refractivity contribution in [1.29, 1.82) is 0 Å². The normalized spacial score (nSPS) is 10.3. The fourth-order valence-corrected chi connectivity index (χ4v) is 1.89. The minimum absolute atomic E-state index is 0.535. The van der Waals surface area contributed by atoms with Gasteiger partial charge in [-0.25, -0.2) is 4.98 Å². The highest BCUT2D eigenvalue weighted by molar-refractivity contribution is 6.17. The van der Waals surface area contributed by atoms with Crippen molar-refractivity contribution in [2.45, 2.75) is 32.6 Å². The molecule has 0 radical (unpaired) electrons. The van der Waals surface area contributed by atoms with E-state index in [0.29, 0.717) is 5.88 Å². The van der Waals surface area contributed by atoms with E-state index in [-0.39, 0.29) is 0 Å². The maximum Gasteiger partial charge on any atom is 0.132 e. The number of halogens is 1. The van der Waals surface area contributed by atoms with Gasteiger partial charge in [-0.1, -0.05) is 19.9 Å². The zero-order chi connectivity index (χ0) is 11.1. The third-order valence-electron chi connectivity index (χ3n) is 2.30. The van der Waals surface area contributed by atoms with Crippen LogP contribution in [0.15, 0.2) is 18.3 Å². The van der Waals surface area contributed by atoms with Crippen molar-refractivity contribution in [2.24, 2.45) is 0 Å². The topological polar surface area (TPSA) is 16.1 Å². The molecule has 0 N–H and O–H groups in total. The van der Waals surface area contributed by atoms with E-state index >= 15 is 0 Å². The van der Waals surface area contributed by atoms with Crippen LogP contribution >= 0.6 is 11.6 Å². The molecule has 2 nitrogen and oxygen atoms in total. The first kappa shape index (κ1) is 12.3. The molecule has 0 aliphatic rings. The van der Waals surface area contributed by atoms with Gasteiger partial charge in [0.2, 0.25) is 0 Å². The van der Waals surface area contributed by atoms with Crippen molar-refractivity contribution >= 4 is 17.4 Å². The standard InChI is InChI=1S/C12H19ClN2/c1-3-8-15(9-4-2)12-11(10-13)6-5-7-14-12/h5-7H,3-4,8-10H2,1-2H3. The molecule has 15 heavy (non-hydrogen) atoms. The Kier molecular flexibility index (Phi) is 5.48. The highest BCUT2D eigenvalue weighted by Gasteiger charge is 2.09. The fraction of sp³-hybridized carbons (Fsp3) is 0.583. The summed E-state index contributed by atoms with van der Waals surface area (Å²) in [6.07, 6.45) is 4.11. The number of pyridine rings is 1. The third kappa shape index (κ3) is 3.38. The Bertz CT molecular complexity index is 283. The second-order valence-corrected chi connectivity index (χ2v) is 3.87. The Labute approximate surface area is 97.3 Å². The third-order valence-corrected chi connectivity index (χ3v) is 2.59. The van der Waals surface area contributed by atoms with Gasteiger partial charge in [0.05, 0.1) is 5.88 Å². The predicted molar refractivity (Wildman–Crippen MR) is 66.6 cm³/mol. The Morgan fingerprint density at radius 2 is 1.93 bits per heavy atom. The molecule has 0 fully saturated rings. The molecule has 0 unspecified atom stereocenters. The van der Waals surface area contributed by atoms with Gasteiger partial charge in [0.15, 0.2) is 0 Å². The SMILES string of the molecule is CCCN(CCC)c1ncccc1CCl. The van der Waals surface area contributed by atoms with E-state index in [2.05, 4.69) is 23.7 Å². The molecule has 0 aliphatic carbocycles. The summed E-state index contributed by atoms with van der Waals surface area (Å²) >= 11 is 5.91. The number of hydrogen-bond acceptors (Lipinski definition) is 2. The van der Waals surface area contributed by atoms with Crippen molar-refractivity contribution < 1.29 is 0 Å². The van der Waals surface area contributed by atoms with E-state index in [1.54, 1.807) is 0 Å². The number of rotatable bonds is 6. The maximum absolute atomic E-state index is 5.91. The molecule has 0 amide bonds. The molecule has 84 valence electrons. The largest absolute Gasteiger partial charge is 0.356 e. The molecule has 0 aromatic carbocycles. The fourth-order valence-electron chi connectivity index (χ4n) is 1.68. The Balaban J connectivity index is 2.88. The molecule has 0 atom stereocenters. The van der Waals surface area contributed by atoms with E-state index in [1.807, 2.05) is 18.3 Å². The molecule has 1 heterocycles. The molecule has 0 aliphatic heterocycles. The zero-order valence-electron chi connectivity index (χ0n) is 9.54. The molecule has 1 aromatic rings. The van der Waals surface area contributed by atoms with Crippen LogP contribution in [0.5, 0.6) is 0 Å². The molecule has 0 saturated heterocycles. The van der Waals surface area contributed by atoms with E-state index < -0.39 is 0 Å². The van der Waals surface area contributed by atoms with Crippen LogP contribution in [0.3, 0.4) is 0 Å². The summed E-state index contributed by atoms with van der Waals surface area (Å²) in [5.41, 5.74) is 1.13. The van der Waals surface area contributed by atoms with Crippen LogP contribution < -0.4 is 4.90 Å². The quantitative estimate of drug-likeness (QED) is 0.691. The summed E-state index contributed by atoms with van der Waals surface area (Å²) in [5.74, 6) is 1.59. The monoisotopic (exact) mass is 226 g/mol. The first-order valence-electron chi connectivity index (χ1n) is 5.58. The molecule has 0 spiro atoms. The molecule has 0 saturated carbocycles. The summed E-state index contributed by atoms with van der Waals surface area (Å²) in [6.45, 7) is 6.47. The second kappa shape index (κ2) is 6.67. The summed E-state index contributed by atoms with van der Waals surface area (Å²) in [7, 11) is 0. The second-order valence-electron chi connectivity index (χ2n) is 3.61. The van der Waals surface area contributed by atoms with Gasteiger partial charge in [0.1, 0.15) is 5.82 Å². The van der Waals surface area contributed by atoms with E-state index in [1.165, 1.54) is 0 Å². The van der Waals surface area contributed by atoms with Crippen molar-refractivity contribution in [1.82, 2.24) is 4.98 Å². The van der Waals surface area contributed by atoms with E-state index in [4.69, 9.17) is 11.6 Å². The number of anilines is 1. The average Bonchev–Trinajstić information content (AvgIpc) is 2.29. The van der Waals surface area contributed by atoms with Crippen LogP contribution in [-0.4, -0.2) is 18.1 Å².